The fourth-order valence-corrected chi connectivity index (χ4v) is 1.84. The molecule has 0 unspecified atom stereocenters. The first-order valence-corrected chi connectivity index (χ1v) is 5.35. The Hall–Kier alpha value is -1.91. The molecular weight excluding hydrogens is 204 g/mol. The minimum atomic E-state index is -0.182. The Bertz CT molecular complexity index is 580. The topological polar surface area (TPSA) is 63.6 Å². The molecule has 1 aliphatic rings. The normalized spacial score (nSPS) is 15.3. The van der Waals surface area contributed by atoms with Gasteiger partial charge >= 0.3 is 0 Å². The van der Waals surface area contributed by atoms with Gasteiger partial charge in [0.05, 0.1) is 11.3 Å². The van der Waals surface area contributed by atoms with Crippen molar-refractivity contribution in [3.05, 3.63) is 34.5 Å². The number of nitrogens with one attached hydrogen (secondary N) is 1. The van der Waals surface area contributed by atoms with Crippen molar-refractivity contribution >= 4 is 0 Å². The van der Waals surface area contributed by atoms with Gasteiger partial charge in [-0.15, -0.1) is 0 Å². The SMILES string of the molecule is Cc1cc(-c2nccn2C2CC2)c(=O)[nH]n1. The van der Waals surface area contributed by atoms with Crippen LogP contribution < -0.4 is 5.56 Å². The summed E-state index contributed by atoms with van der Waals surface area (Å²) in [5, 5.41) is 6.35. The molecule has 0 radical (unpaired) electrons. The lowest BCUT2D eigenvalue weighted by atomic mass is 10.2. The predicted octanol–water partition coefficient (Wildman–Crippen LogP) is 1.28. The van der Waals surface area contributed by atoms with E-state index in [2.05, 4.69) is 19.7 Å². The molecule has 0 saturated heterocycles. The zero-order valence-corrected chi connectivity index (χ0v) is 8.97. The molecule has 1 N–H and O–H groups in total. The molecular formula is C11H12N4O. The maximum atomic E-state index is 11.7. The fraction of sp³-hybridized carbons (Fsp3) is 0.364. The summed E-state index contributed by atoms with van der Waals surface area (Å²) in [6, 6.07) is 2.30. The van der Waals surface area contributed by atoms with Crippen molar-refractivity contribution in [1.82, 2.24) is 19.7 Å². The number of rotatable bonds is 2. The first-order valence-electron chi connectivity index (χ1n) is 5.35. The van der Waals surface area contributed by atoms with Crippen LogP contribution in [0.3, 0.4) is 0 Å². The van der Waals surface area contributed by atoms with Crippen molar-refractivity contribution in [2.24, 2.45) is 0 Å². The lowest BCUT2D eigenvalue weighted by Crippen LogP contribution is -2.14. The highest BCUT2D eigenvalue weighted by Crippen LogP contribution is 2.37. The third-order valence-corrected chi connectivity index (χ3v) is 2.78. The van der Waals surface area contributed by atoms with E-state index in [0.29, 0.717) is 11.6 Å². The van der Waals surface area contributed by atoms with Crippen LogP contribution in [0, 0.1) is 6.92 Å². The third kappa shape index (κ3) is 1.44. The monoisotopic (exact) mass is 216 g/mol. The average molecular weight is 216 g/mol. The maximum Gasteiger partial charge on any atom is 0.275 e. The summed E-state index contributed by atoms with van der Waals surface area (Å²) in [6.45, 7) is 1.85. The molecule has 0 amide bonds. The van der Waals surface area contributed by atoms with Crippen LogP contribution in [-0.4, -0.2) is 19.7 Å². The second kappa shape index (κ2) is 3.30. The van der Waals surface area contributed by atoms with Gasteiger partial charge in [0, 0.05) is 18.4 Å². The van der Waals surface area contributed by atoms with E-state index in [1.807, 2.05) is 13.1 Å². The lowest BCUT2D eigenvalue weighted by molar-refractivity contribution is 0.747. The highest BCUT2D eigenvalue weighted by molar-refractivity contribution is 5.54. The molecule has 5 heteroatoms. The molecule has 2 heterocycles. The molecule has 5 nitrogen and oxygen atoms in total. The molecule has 2 aromatic heterocycles. The summed E-state index contributed by atoms with van der Waals surface area (Å²) in [6.07, 6.45) is 6.02. The Morgan fingerprint density at radius 3 is 3.06 bits per heavy atom. The van der Waals surface area contributed by atoms with E-state index in [-0.39, 0.29) is 5.56 Å². The molecule has 0 aliphatic heterocycles. The maximum absolute atomic E-state index is 11.7. The highest BCUT2D eigenvalue weighted by atomic mass is 16.1. The van der Waals surface area contributed by atoms with Gasteiger partial charge in [-0.1, -0.05) is 0 Å². The molecule has 0 spiro atoms. The Kier molecular flexibility index (Phi) is 1.92. The van der Waals surface area contributed by atoms with Crippen molar-refractivity contribution < 1.29 is 0 Å². The Morgan fingerprint density at radius 2 is 2.31 bits per heavy atom. The summed E-state index contributed by atoms with van der Waals surface area (Å²) in [7, 11) is 0. The number of nitrogens with zero attached hydrogens (tertiary/aromatic N) is 3. The van der Waals surface area contributed by atoms with Gasteiger partial charge in [0.2, 0.25) is 0 Å². The Morgan fingerprint density at radius 1 is 1.50 bits per heavy atom. The quantitative estimate of drug-likeness (QED) is 0.822. The van der Waals surface area contributed by atoms with Crippen LogP contribution in [0.5, 0.6) is 0 Å². The molecule has 16 heavy (non-hydrogen) atoms. The van der Waals surface area contributed by atoms with Gasteiger partial charge in [-0.2, -0.15) is 5.10 Å². The average Bonchev–Trinajstić information content (AvgIpc) is 3.01. The first-order chi connectivity index (χ1) is 7.75. The van der Waals surface area contributed by atoms with Crippen LogP contribution in [-0.2, 0) is 0 Å². The minimum absolute atomic E-state index is 0.182. The smallest absolute Gasteiger partial charge is 0.275 e. The summed E-state index contributed by atoms with van der Waals surface area (Å²) in [5.41, 5.74) is 1.21. The van der Waals surface area contributed by atoms with Gasteiger partial charge in [0.1, 0.15) is 5.82 Å². The second-order valence-corrected chi connectivity index (χ2v) is 4.14. The van der Waals surface area contributed by atoms with Crippen LogP contribution in [0.2, 0.25) is 0 Å². The van der Waals surface area contributed by atoms with Gasteiger partial charge in [-0.25, -0.2) is 10.1 Å². The van der Waals surface area contributed by atoms with Crippen LogP contribution in [0.1, 0.15) is 24.6 Å². The highest BCUT2D eigenvalue weighted by Gasteiger charge is 2.26. The molecule has 82 valence electrons. The summed E-state index contributed by atoms with van der Waals surface area (Å²) < 4.78 is 2.07. The van der Waals surface area contributed by atoms with Crippen LogP contribution in [0.4, 0.5) is 0 Å². The van der Waals surface area contributed by atoms with Crippen molar-refractivity contribution in [3.8, 4) is 11.4 Å². The van der Waals surface area contributed by atoms with Crippen LogP contribution >= 0.6 is 0 Å². The zero-order valence-electron chi connectivity index (χ0n) is 8.97. The predicted molar refractivity (Wildman–Crippen MR) is 59.1 cm³/mol. The van der Waals surface area contributed by atoms with Crippen molar-refractivity contribution in [3.63, 3.8) is 0 Å². The number of aryl methyl sites for hydroxylation is 1. The zero-order chi connectivity index (χ0) is 11.1. The molecule has 0 atom stereocenters. The van der Waals surface area contributed by atoms with Crippen LogP contribution in [0.25, 0.3) is 11.4 Å². The molecule has 1 aliphatic carbocycles. The summed E-state index contributed by atoms with van der Waals surface area (Å²) in [5.74, 6) is 0.745. The van der Waals surface area contributed by atoms with Crippen LogP contribution in [0.15, 0.2) is 23.3 Å². The van der Waals surface area contributed by atoms with E-state index in [0.717, 1.165) is 11.5 Å². The van der Waals surface area contributed by atoms with Gasteiger partial charge in [0.15, 0.2) is 0 Å². The van der Waals surface area contributed by atoms with E-state index >= 15 is 0 Å². The first kappa shape index (κ1) is 9.33. The number of H-pyrrole nitrogens is 1. The largest absolute Gasteiger partial charge is 0.328 e. The molecule has 0 aromatic carbocycles. The number of hydrogen-bond donors (Lipinski definition) is 1. The standard InChI is InChI=1S/C11H12N4O/c1-7-6-9(11(16)14-13-7)10-12-4-5-15(10)8-2-3-8/h4-6,8H,2-3H2,1H3,(H,14,16). The fourth-order valence-electron chi connectivity index (χ4n) is 1.84. The Labute approximate surface area is 92.2 Å². The van der Waals surface area contributed by atoms with Gasteiger partial charge in [-0.05, 0) is 25.8 Å². The number of aromatic amines is 1. The van der Waals surface area contributed by atoms with E-state index in [4.69, 9.17) is 0 Å². The molecule has 1 saturated carbocycles. The van der Waals surface area contributed by atoms with Crippen molar-refractivity contribution in [2.75, 3.05) is 0 Å². The second-order valence-electron chi connectivity index (χ2n) is 4.14. The lowest BCUT2D eigenvalue weighted by Gasteiger charge is -2.05. The van der Waals surface area contributed by atoms with Gasteiger partial charge in [0.25, 0.3) is 5.56 Å². The Balaban J connectivity index is 2.17. The number of hydrogen-bond acceptors (Lipinski definition) is 3. The molecule has 3 rings (SSSR count). The molecule has 1 fully saturated rings. The summed E-state index contributed by atoms with van der Waals surface area (Å²) >= 11 is 0. The van der Waals surface area contributed by atoms with E-state index in [1.165, 1.54) is 12.8 Å². The minimum Gasteiger partial charge on any atom is -0.328 e. The number of aromatic nitrogens is 4. The summed E-state index contributed by atoms with van der Waals surface area (Å²) in [4.78, 5) is 16.0. The van der Waals surface area contributed by atoms with E-state index in [1.54, 1.807) is 12.3 Å². The van der Waals surface area contributed by atoms with Crippen molar-refractivity contribution in [1.29, 1.82) is 0 Å². The van der Waals surface area contributed by atoms with Gasteiger partial charge in [-0.3, -0.25) is 4.79 Å². The molecule has 2 aromatic rings. The van der Waals surface area contributed by atoms with E-state index < -0.39 is 0 Å². The third-order valence-electron chi connectivity index (χ3n) is 2.78. The van der Waals surface area contributed by atoms with Crippen molar-refractivity contribution in [2.45, 2.75) is 25.8 Å². The number of imidazole rings is 1. The molecule has 0 bridgehead atoms. The van der Waals surface area contributed by atoms with E-state index in [9.17, 15) is 4.79 Å². The van der Waals surface area contributed by atoms with Gasteiger partial charge < -0.3 is 4.57 Å².